The van der Waals surface area contributed by atoms with Crippen LogP contribution in [0.5, 0.6) is 0 Å². The van der Waals surface area contributed by atoms with Gasteiger partial charge >= 0.3 is 10.3 Å². The van der Waals surface area contributed by atoms with Crippen molar-refractivity contribution in [2.45, 2.75) is 6.54 Å². The van der Waals surface area contributed by atoms with Crippen molar-refractivity contribution in [3.63, 3.8) is 0 Å². The number of allylic oxidation sites excluding steroid dienone is 2. The molecule has 0 radical (unpaired) electrons. The highest BCUT2D eigenvalue weighted by Crippen LogP contribution is 2.23. The van der Waals surface area contributed by atoms with Crippen LogP contribution >= 0.6 is 0 Å². The van der Waals surface area contributed by atoms with Gasteiger partial charge in [0.2, 0.25) is 0 Å². The average Bonchev–Trinajstić information content (AvgIpc) is 2.30. The quantitative estimate of drug-likeness (QED) is 0.660. The number of hydrogen-bond donors (Lipinski definition) is 1. The molecule has 0 saturated heterocycles. The minimum absolute atomic E-state index is 0.223. The first kappa shape index (κ1) is 12.0. The van der Waals surface area contributed by atoms with Crippen LogP contribution < -0.4 is 0 Å². The summed E-state index contributed by atoms with van der Waals surface area (Å²) in [6, 6.07) is 9.25. The summed E-state index contributed by atoms with van der Waals surface area (Å²) in [6.45, 7) is 0.463. The van der Waals surface area contributed by atoms with Gasteiger partial charge in [0, 0.05) is 5.56 Å². The first-order valence-electron chi connectivity index (χ1n) is 5.26. The van der Waals surface area contributed by atoms with Crippen LogP contribution in [-0.4, -0.2) is 23.4 Å². The van der Waals surface area contributed by atoms with Gasteiger partial charge in [0.15, 0.2) is 0 Å². The van der Waals surface area contributed by atoms with E-state index in [0.29, 0.717) is 0 Å². The van der Waals surface area contributed by atoms with E-state index in [2.05, 4.69) is 0 Å². The van der Waals surface area contributed by atoms with Gasteiger partial charge in [-0.15, -0.1) is 8.42 Å². The zero-order chi connectivity index (χ0) is 12.4. The second-order valence-electron chi connectivity index (χ2n) is 4.00. The number of benzene rings is 1. The molecule has 0 aliphatic carbocycles. The lowest BCUT2D eigenvalue weighted by Gasteiger charge is -2.30. The van der Waals surface area contributed by atoms with Crippen LogP contribution in [0.2, 0.25) is 0 Å². The van der Waals surface area contributed by atoms with Crippen LogP contribution in [0.3, 0.4) is 0 Å². The lowest BCUT2D eigenvalue weighted by Crippen LogP contribution is -2.47. The molecule has 0 fully saturated rings. The lowest BCUT2D eigenvalue weighted by molar-refractivity contribution is -0.765. The first-order valence-corrected chi connectivity index (χ1v) is 6.66. The summed E-state index contributed by atoms with van der Waals surface area (Å²) in [4.78, 5) is 0. The van der Waals surface area contributed by atoms with Crippen LogP contribution in [0.25, 0.3) is 0 Å². The zero-order valence-electron chi connectivity index (χ0n) is 9.23. The highest BCUT2D eigenvalue weighted by molar-refractivity contribution is 7.80. The van der Waals surface area contributed by atoms with Crippen molar-refractivity contribution in [2.24, 2.45) is 0 Å². The molecule has 1 aliphatic heterocycles. The molecule has 17 heavy (non-hydrogen) atoms. The highest BCUT2D eigenvalue weighted by Gasteiger charge is 2.39. The lowest BCUT2D eigenvalue weighted by atomic mass is 10.2. The maximum absolute atomic E-state index is 11.6. The third-order valence-electron chi connectivity index (χ3n) is 2.77. The average molecular weight is 252 g/mol. The number of nitrogens with zero attached hydrogens (tertiary/aromatic N) is 1. The van der Waals surface area contributed by atoms with Crippen molar-refractivity contribution in [3.05, 3.63) is 60.3 Å². The van der Waals surface area contributed by atoms with E-state index in [4.69, 9.17) is 0 Å². The summed E-state index contributed by atoms with van der Waals surface area (Å²) in [7, 11) is -4.19. The van der Waals surface area contributed by atoms with Crippen LogP contribution in [-0.2, 0) is 16.8 Å². The van der Waals surface area contributed by atoms with E-state index in [0.717, 1.165) is 5.56 Å². The normalized spacial score (nSPS) is 23.8. The van der Waals surface area contributed by atoms with Crippen LogP contribution in [0, 0.1) is 0 Å². The summed E-state index contributed by atoms with van der Waals surface area (Å²) < 4.78 is 32.0. The van der Waals surface area contributed by atoms with E-state index >= 15 is 0 Å². The van der Waals surface area contributed by atoms with Gasteiger partial charge in [-0.05, 0) is 12.2 Å². The van der Waals surface area contributed by atoms with Gasteiger partial charge in [0.1, 0.15) is 19.3 Å². The zero-order valence-corrected chi connectivity index (χ0v) is 10.0. The predicted octanol–water partition coefficient (Wildman–Crippen LogP) is 1.89. The van der Waals surface area contributed by atoms with E-state index in [1.165, 1.54) is 6.20 Å². The molecule has 5 heteroatoms. The van der Waals surface area contributed by atoms with Gasteiger partial charge < -0.3 is 0 Å². The van der Waals surface area contributed by atoms with Gasteiger partial charge in [-0.25, -0.2) is 4.55 Å². The second-order valence-corrected chi connectivity index (χ2v) is 5.62. The Balaban J connectivity index is 2.37. The molecule has 1 aromatic carbocycles. The molecule has 4 nitrogen and oxygen atoms in total. The standard InChI is InChI=1S/C12H13NO3S/c14-17(15,16)13(9-5-2-6-10-13)11-12-7-3-1-4-8-12/h1-9H,10-11H2/p+1. The van der Waals surface area contributed by atoms with Crippen LogP contribution in [0.15, 0.2) is 54.8 Å². The Labute approximate surface area is 101 Å². The van der Waals surface area contributed by atoms with E-state index in [1.807, 2.05) is 30.3 Å². The van der Waals surface area contributed by atoms with Crippen molar-refractivity contribution in [1.29, 1.82) is 0 Å². The van der Waals surface area contributed by atoms with Crippen LogP contribution in [0.4, 0.5) is 0 Å². The minimum Gasteiger partial charge on any atom is -0.241 e. The van der Waals surface area contributed by atoms with Gasteiger partial charge in [0.05, 0.1) is 0 Å². The molecule has 0 saturated carbocycles. The number of quaternary nitrogens is 1. The maximum Gasteiger partial charge on any atom is 0.437 e. The summed E-state index contributed by atoms with van der Waals surface area (Å²) in [5, 5.41) is 0. The Bertz CT molecular complexity index is 548. The van der Waals surface area contributed by atoms with E-state index < -0.39 is 14.2 Å². The summed E-state index contributed by atoms with van der Waals surface area (Å²) in [5.74, 6) is 0. The van der Waals surface area contributed by atoms with Crippen molar-refractivity contribution < 1.29 is 16.9 Å². The summed E-state index contributed by atoms with van der Waals surface area (Å²) in [6.07, 6.45) is 6.64. The molecule has 1 aromatic rings. The van der Waals surface area contributed by atoms with E-state index in [-0.39, 0.29) is 13.1 Å². The number of hydrogen-bond acceptors (Lipinski definition) is 2. The molecule has 90 valence electrons. The molecule has 0 bridgehead atoms. The fourth-order valence-corrected chi connectivity index (χ4v) is 2.66. The third kappa shape index (κ3) is 2.46. The molecule has 1 aliphatic rings. The summed E-state index contributed by atoms with van der Waals surface area (Å²) >= 11 is 0. The van der Waals surface area contributed by atoms with Gasteiger partial charge in [-0.1, -0.05) is 36.4 Å². The largest absolute Gasteiger partial charge is 0.437 e. The van der Waals surface area contributed by atoms with Crippen LogP contribution in [0.1, 0.15) is 5.56 Å². The van der Waals surface area contributed by atoms with Crippen molar-refractivity contribution in [1.82, 2.24) is 0 Å². The summed E-state index contributed by atoms with van der Waals surface area (Å²) in [5.41, 5.74) is 0.866. The minimum atomic E-state index is -4.19. The Morgan fingerprint density at radius 2 is 1.88 bits per heavy atom. The SMILES string of the molecule is O=S(=O)(O)[N+]1(Cc2ccccc2)C=CC=CC1. The second kappa shape index (κ2) is 4.44. The smallest absolute Gasteiger partial charge is 0.241 e. The van der Waals surface area contributed by atoms with Gasteiger partial charge in [0.25, 0.3) is 0 Å². The number of rotatable bonds is 3. The molecule has 1 N–H and O–H groups in total. The van der Waals surface area contributed by atoms with Crippen molar-refractivity contribution in [2.75, 3.05) is 6.54 Å². The van der Waals surface area contributed by atoms with Gasteiger partial charge in [-0.2, -0.15) is 3.89 Å². The Morgan fingerprint density at radius 1 is 1.18 bits per heavy atom. The topological polar surface area (TPSA) is 54.4 Å². The molecule has 0 spiro atoms. The third-order valence-corrected chi connectivity index (χ3v) is 4.09. The predicted molar refractivity (Wildman–Crippen MR) is 65.1 cm³/mol. The molecule has 0 aromatic heterocycles. The van der Waals surface area contributed by atoms with Crippen molar-refractivity contribution in [3.8, 4) is 0 Å². The molecule has 1 heterocycles. The van der Waals surface area contributed by atoms with Crippen molar-refractivity contribution >= 4 is 10.3 Å². The molecule has 1 unspecified atom stereocenters. The van der Waals surface area contributed by atoms with E-state index in [1.54, 1.807) is 18.2 Å². The van der Waals surface area contributed by atoms with Gasteiger partial charge in [-0.3, -0.25) is 0 Å². The monoisotopic (exact) mass is 252 g/mol. The Hall–Kier alpha value is -1.43. The first-order chi connectivity index (χ1) is 8.04. The molecular weight excluding hydrogens is 238 g/mol. The molecule has 1 atom stereocenters. The fourth-order valence-electron chi connectivity index (χ4n) is 1.85. The highest BCUT2D eigenvalue weighted by atomic mass is 32.2. The molecular formula is C12H14NO3S+. The fraction of sp³-hybridized carbons (Fsp3) is 0.167. The maximum atomic E-state index is 11.6. The Kier molecular flexibility index (Phi) is 3.15. The molecule has 2 rings (SSSR count). The molecule has 0 amide bonds. The Morgan fingerprint density at radius 3 is 2.41 bits per heavy atom. The van der Waals surface area contributed by atoms with E-state index in [9.17, 15) is 13.0 Å².